The average molecular weight is 797 g/mol. The number of aliphatic hydroxyl groups excluding tert-OH is 1. The molecule has 1 aliphatic carbocycles. The van der Waals surface area contributed by atoms with Gasteiger partial charge in [0.05, 0.1) is 19.2 Å². The lowest BCUT2D eigenvalue weighted by Gasteiger charge is -2.49. The molecule has 3 saturated heterocycles. The largest absolute Gasteiger partial charge is 0.460 e. The molecule has 11 nitrogen and oxygen atoms in total. The van der Waals surface area contributed by atoms with Crippen LogP contribution in [-0.2, 0) is 50.5 Å². The first-order valence-electron chi connectivity index (χ1n) is 16.9. The van der Waals surface area contributed by atoms with Crippen molar-refractivity contribution in [1.29, 1.82) is 0 Å². The molecule has 3 heterocycles. The van der Waals surface area contributed by atoms with Crippen LogP contribution in [0.5, 0.6) is 0 Å². The van der Waals surface area contributed by atoms with Crippen LogP contribution in [0.1, 0.15) is 56.7 Å². The van der Waals surface area contributed by atoms with Crippen molar-refractivity contribution in [1.82, 2.24) is 10.4 Å². The molecule has 1 saturated carbocycles. The number of nitrogens with one attached hydrogen (secondary N) is 1. The van der Waals surface area contributed by atoms with Gasteiger partial charge >= 0.3 is 11.9 Å². The molecule has 50 heavy (non-hydrogen) atoms. The Bertz CT molecular complexity index is 1680. The lowest BCUT2D eigenvalue weighted by molar-refractivity contribution is -0.213. The Balaban J connectivity index is 1.26. The molecule has 0 aromatic heterocycles. The van der Waals surface area contributed by atoms with Gasteiger partial charge in [0, 0.05) is 27.5 Å². The number of hydrogen-bond donors (Lipinski definition) is 2. The lowest BCUT2D eigenvalue weighted by Crippen LogP contribution is -2.70. The molecule has 1 amide bonds. The summed E-state index contributed by atoms with van der Waals surface area (Å²) in [6.45, 7) is 5.12. The Morgan fingerprint density at radius 3 is 2.20 bits per heavy atom. The molecule has 264 valence electrons. The third kappa shape index (κ3) is 6.34. The van der Waals surface area contributed by atoms with E-state index in [9.17, 15) is 19.5 Å². The monoisotopic (exact) mass is 796 g/mol. The maximum atomic E-state index is 14.8. The van der Waals surface area contributed by atoms with Crippen molar-refractivity contribution in [3.05, 3.63) is 105 Å². The second kappa shape index (κ2) is 13.6. The minimum Gasteiger partial charge on any atom is -0.460 e. The van der Waals surface area contributed by atoms with Gasteiger partial charge in [-0.3, -0.25) is 19.2 Å². The van der Waals surface area contributed by atoms with Crippen molar-refractivity contribution in [2.75, 3.05) is 6.61 Å². The van der Waals surface area contributed by atoms with E-state index in [-0.39, 0.29) is 25.8 Å². The lowest BCUT2D eigenvalue weighted by atomic mass is 9.62. The fraction of sp³-hybridized carbons (Fsp3) is 0.447. The van der Waals surface area contributed by atoms with Crippen molar-refractivity contribution in [2.45, 2.75) is 94.5 Å². The van der Waals surface area contributed by atoms with Gasteiger partial charge < -0.3 is 29.4 Å². The normalized spacial score (nSPS) is 28.7. The number of benzene rings is 3. The summed E-state index contributed by atoms with van der Waals surface area (Å²) in [7, 11) is 0. The van der Waals surface area contributed by atoms with Crippen LogP contribution in [0.15, 0.2) is 84.9 Å². The standard InChI is InChI=1S/C38H41IN2O9/c1-36(2,3)47-29(43)19-18-27(22-42)40-35(45)37-20-28-30-31(49-38(48-30,24-10-6-4-7-11-24)25-12-8-5-9-13-25)33(37)50-41(32(37)34(44)46-28)21-23-14-16-26(39)17-15-23/h4-17,27-28,30-33,42H,18-22H2,1-3H3,(H,40,45). The molecular weight excluding hydrogens is 755 g/mol. The van der Waals surface area contributed by atoms with Crippen LogP contribution in [0.2, 0.25) is 0 Å². The van der Waals surface area contributed by atoms with E-state index < -0.39 is 77.8 Å². The SMILES string of the molecule is CC(C)(C)OC(=O)CCC(CO)NC(=O)C12CC3OC(=O)C1N(Cc1ccc(I)cc1)OC2C1OC(c2ccccc2)(c2ccccc2)OC31. The van der Waals surface area contributed by atoms with Crippen LogP contribution in [0, 0.1) is 8.99 Å². The van der Waals surface area contributed by atoms with Crippen molar-refractivity contribution < 1.29 is 43.3 Å². The summed E-state index contributed by atoms with van der Waals surface area (Å²) in [6, 6.07) is 25.0. The van der Waals surface area contributed by atoms with Gasteiger partial charge in [-0.25, -0.2) is 0 Å². The van der Waals surface area contributed by atoms with Gasteiger partial charge in [-0.05, 0) is 67.5 Å². The average Bonchev–Trinajstić information content (AvgIpc) is 3.67. The zero-order valence-corrected chi connectivity index (χ0v) is 30.3. The Morgan fingerprint density at radius 1 is 0.980 bits per heavy atom. The van der Waals surface area contributed by atoms with Gasteiger partial charge in [-0.1, -0.05) is 72.8 Å². The predicted molar refractivity (Wildman–Crippen MR) is 188 cm³/mol. The summed E-state index contributed by atoms with van der Waals surface area (Å²) in [5.41, 5.74) is 0.235. The van der Waals surface area contributed by atoms with E-state index in [4.69, 9.17) is 23.8 Å². The number of hydroxylamine groups is 2. The summed E-state index contributed by atoms with van der Waals surface area (Å²) in [5, 5.41) is 14.8. The number of rotatable bonds is 10. The van der Waals surface area contributed by atoms with Gasteiger partial charge in [0.2, 0.25) is 11.7 Å². The van der Waals surface area contributed by atoms with Crippen LogP contribution < -0.4 is 5.32 Å². The van der Waals surface area contributed by atoms with Crippen molar-refractivity contribution in [3.8, 4) is 0 Å². The molecule has 4 aliphatic rings. The highest BCUT2D eigenvalue weighted by atomic mass is 127. The Hall–Kier alpha value is -3.40. The molecule has 3 aromatic rings. The third-order valence-corrected chi connectivity index (χ3v) is 10.5. The van der Waals surface area contributed by atoms with Gasteiger partial charge in [-0.2, -0.15) is 5.06 Å². The Kier molecular flexibility index (Phi) is 9.54. The maximum Gasteiger partial charge on any atom is 0.327 e. The van der Waals surface area contributed by atoms with E-state index in [2.05, 4.69) is 27.9 Å². The van der Waals surface area contributed by atoms with E-state index in [0.717, 1.165) is 20.3 Å². The number of halogens is 1. The number of aliphatic hydroxyl groups is 1. The Morgan fingerprint density at radius 2 is 1.60 bits per heavy atom. The smallest absolute Gasteiger partial charge is 0.327 e. The zero-order chi connectivity index (χ0) is 35.3. The third-order valence-electron chi connectivity index (χ3n) is 9.81. The second-order valence-electron chi connectivity index (χ2n) is 14.3. The molecule has 2 N–H and O–H groups in total. The number of ether oxygens (including phenoxy) is 4. The van der Waals surface area contributed by atoms with Crippen LogP contribution in [0.25, 0.3) is 0 Å². The number of esters is 2. The van der Waals surface area contributed by atoms with Crippen molar-refractivity contribution >= 4 is 40.4 Å². The van der Waals surface area contributed by atoms with Gasteiger partial charge in [0.1, 0.15) is 35.4 Å². The summed E-state index contributed by atoms with van der Waals surface area (Å²) < 4.78 is 26.5. The molecule has 3 aromatic carbocycles. The first-order valence-corrected chi connectivity index (χ1v) is 18.0. The minimum absolute atomic E-state index is 0.0128. The molecule has 12 heteroatoms. The predicted octanol–water partition coefficient (Wildman–Crippen LogP) is 4.38. The molecule has 2 bridgehead atoms. The number of fused-ring (bicyclic) bond motifs is 4. The molecular formula is C38H41IN2O9. The van der Waals surface area contributed by atoms with E-state index in [1.165, 1.54) is 5.06 Å². The zero-order valence-electron chi connectivity index (χ0n) is 28.1. The van der Waals surface area contributed by atoms with Crippen LogP contribution in [0.3, 0.4) is 0 Å². The highest BCUT2D eigenvalue weighted by Crippen LogP contribution is 2.59. The molecule has 7 atom stereocenters. The number of hydrogen-bond acceptors (Lipinski definition) is 10. The fourth-order valence-electron chi connectivity index (χ4n) is 7.67. The van der Waals surface area contributed by atoms with Crippen LogP contribution in [0.4, 0.5) is 0 Å². The fourth-order valence-corrected chi connectivity index (χ4v) is 8.03. The quantitative estimate of drug-likeness (QED) is 0.225. The summed E-state index contributed by atoms with van der Waals surface area (Å²) in [6.07, 6.45) is -3.13. The molecule has 7 unspecified atom stereocenters. The number of nitrogens with zero attached hydrogens (tertiary/aromatic N) is 1. The van der Waals surface area contributed by atoms with Gasteiger partial charge in [0.15, 0.2) is 6.04 Å². The van der Waals surface area contributed by atoms with E-state index in [1.807, 2.05) is 84.9 Å². The van der Waals surface area contributed by atoms with Gasteiger partial charge in [0.25, 0.3) is 0 Å². The van der Waals surface area contributed by atoms with E-state index in [1.54, 1.807) is 20.8 Å². The number of amides is 1. The second-order valence-corrected chi connectivity index (χ2v) is 15.6. The molecule has 4 fully saturated rings. The highest BCUT2D eigenvalue weighted by Gasteiger charge is 2.76. The van der Waals surface area contributed by atoms with Crippen LogP contribution in [-0.4, -0.2) is 76.7 Å². The van der Waals surface area contributed by atoms with Crippen LogP contribution >= 0.6 is 22.6 Å². The van der Waals surface area contributed by atoms with Crippen molar-refractivity contribution in [2.24, 2.45) is 5.41 Å². The minimum atomic E-state index is -1.46. The first-order chi connectivity index (χ1) is 23.9. The van der Waals surface area contributed by atoms with Gasteiger partial charge in [-0.15, -0.1) is 0 Å². The molecule has 0 spiro atoms. The van der Waals surface area contributed by atoms with E-state index in [0.29, 0.717) is 0 Å². The molecule has 3 aliphatic heterocycles. The molecule has 7 rings (SSSR count). The van der Waals surface area contributed by atoms with E-state index >= 15 is 0 Å². The topological polar surface area (TPSA) is 133 Å². The summed E-state index contributed by atoms with van der Waals surface area (Å²) in [5.74, 6) is -2.89. The summed E-state index contributed by atoms with van der Waals surface area (Å²) >= 11 is 2.23. The first kappa shape index (κ1) is 35.0. The maximum absolute atomic E-state index is 14.8. The molecule has 0 radical (unpaired) electrons. The summed E-state index contributed by atoms with van der Waals surface area (Å²) in [4.78, 5) is 48.1. The number of carbonyl (C=O) groups is 3. The Labute approximate surface area is 304 Å². The van der Waals surface area contributed by atoms with Crippen molar-refractivity contribution in [3.63, 3.8) is 0 Å². The highest BCUT2D eigenvalue weighted by molar-refractivity contribution is 14.1. The number of carbonyl (C=O) groups excluding carboxylic acids is 3.